The first-order valence-electron chi connectivity index (χ1n) is 9.69. The molecule has 1 N–H and O–H groups in total. The van der Waals surface area contributed by atoms with E-state index in [1.54, 1.807) is 17.4 Å². The van der Waals surface area contributed by atoms with E-state index in [2.05, 4.69) is 15.0 Å². The van der Waals surface area contributed by atoms with Gasteiger partial charge in [-0.05, 0) is 33.1 Å². The summed E-state index contributed by atoms with van der Waals surface area (Å²) in [6.07, 6.45) is 0.259. The van der Waals surface area contributed by atoms with Gasteiger partial charge in [-0.3, -0.25) is 9.69 Å². The fraction of sp³-hybridized carbons (Fsp3) is 0.579. The minimum Gasteiger partial charge on any atom is -0.475 e. The van der Waals surface area contributed by atoms with Crippen molar-refractivity contribution < 1.29 is 32.4 Å². The quantitative estimate of drug-likeness (QED) is 0.751. The summed E-state index contributed by atoms with van der Waals surface area (Å²) in [5, 5.41) is 12.1. The van der Waals surface area contributed by atoms with Crippen molar-refractivity contribution >= 4 is 23.2 Å². The van der Waals surface area contributed by atoms with E-state index in [-0.39, 0.29) is 11.4 Å². The molecule has 12 heteroatoms. The molecule has 1 unspecified atom stereocenters. The lowest BCUT2D eigenvalue weighted by atomic mass is 9.77. The fourth-order valence-electron chi connectivity index (χ4n) is 3.88. The minimum absolute atomic E-state index is 0.00795. The standard InChI is InChI=1S/C17H22N4O2S.C2HF3O2/c1-12-8-15(19-23-12)16(22)20-6-3-4-17(11-20)5-7-21(17)10-14-9-18-13(2)24-14;3-2(4,5)1(6)7/h8-9H,3-7,10-11H2,1-2H3;(H,6,7). The molecule has 2 aromatic rings. The van der Waals surface area contributed by atoms with Gasteiger partial charge in [-0.15, -0.1) is 11.3 Å². The molecule has 0 aliphatic carbocycles. The van der Waals surface area contributed by atoms with Crippen molar-refractivity contribution in [2.45, 2.75) is 51.4 Å². The highest BCUT2D eigenvalue weighted by Crippen LogP contribution is 2.40. The lowest BCUT2D eigenvalue weighted by molar-refractivity contribution is -0.192. The van der Waals surface area contributed by atoms with E-state index in [0.29, 0.717) is 11.5 Å². The van der Waals surface area contributed by atoms with Crippen molar-refractivity contribution in [3.63, 3.8) is 0 Å². The number of piperidine rings is 1. The van der Waals surface area contributed by atoms with E-state index in [0.717, 1.165) is 50.4 Å². The number of amides is 1. The van der Waals surface area contributed by atoms with Gasteiger partial charge in [0.05, 0.1) is 5.01 Å². The average Bonchev–Trinajstić information content (AvgIpc) is 3.32. The normalized spacial score (nSPS) is 21.4. The number of hydrogen-bond acceptors (Lipinski definition) is 7. The van der Waals surface area contributed by atoms with Crippen LogP contribution in [0.25, 0.3) is 0 Å². The molecule has 2 aliphatic rings. The van der Waals surface area contributed by atoms with Gasteiger partial charge < -0.3 is 14.5 Å². The number of rotatable bonds is 3. The Labute approximate surface area is 180 Å². The molecule has 0 saturated carbocycles. The highest BCUT2D eigenvalue weighted by molar-refractivity contribution is 7.11. The van der Waals surface area contributed by atoms with Crippen molar-refractivity contribution in [3.8, 4) is 0 Å². The molecule has 2 aromatic heterocycles. The minimum atomic E-state index is -5.08. The van der Waals surface area contributed by atoms with Crippen LogP contribution >= 0.6 is 11.3 Å². The third kappa shape index (κ3) is 5.42. The summed E-state index contributed by atoms with van der Waals surface area (Å²) in [5.41, 5.74) is 0.554. The van der Waals surface area contributed by atoms with Crippen LogP contribution in [-0.2, 0) is 11.3 Å². The Morgan fingerprint density at radius 1 is 1.29 bits per heavy atom. The van der Waals surface area contributed by atoms with E-state index in [4.69, 9.17) is 14.4 Å². The summed E-state index contributed by atoms with van der Waals surface area (Å²) in [6.45, 7) is 7.49. The van der Waals surface area contributed by atoms with E-state index in [1.165, 1.54) is 4.88 Å². The Hall–Kier alpha value is -2.47. The molecule has 2 saturated heterocycles. The van der Waals surface area contributed by atoms with Crippen molar-refractivity contribution in [1.82, 2.24) is 19.9 Å². The number of nitrogens with zero attached hydrogens (tertiary/aromatic N) is 4. The number of hydrogen-bond donors (Lipinski definition) is 1. The van der Waals surface area contributed by atoms with Crippen LogP contribution in [0, 0.1) is 13.8 Å². The number of thiazole rings is 1. The maximum atomic E-state index is 12.7. The van der Waals surface area contributed by atoms with Crippen LogP contribution in [0.15, 0.2) is 16.8 Å². The number of likely N-dealkylation sites (tertiary alicyclic amines) is 2. The van der Waals surface area contributed by atoms with Gasteiger partial charge in [0.1, 0.15) is 5.76 Å². The zero-order chi connectivity index (χ0) is 22.8. The average molecular weight is 460 g/mol. The molecule has 8 nitrogen and oxygen atoms in total. The molecule has 0 aromatic carbocycles. The van der Waals surface area contributed by atoms with Crippen molar-refractivity contribution in [2.24, 2.45) is 0 Å². The molecular formula is C19H23F3N4O4S. The Morgan fingerprint density at radius 3 is 2.48 bits per heavy atom. The zero-order valence-electron chi connectivity index (χ0n) is 17.1. The third-order valence-electron chi connectivity index (χ3n) is 5.47. The van der Waals surface area contributed by atoms with Gasteiger partial charge >= 0.3 is 12.1 Å². The van der Waals surface area contributed by atoms with Crippen LogP contribution < -0.4 is 0 Å². The lowest BCUT2D eigenvalue weighted by Gasteiger charge is -2.57. The van der Waals surface area contributed by atoms with Crippen molar-refractivity contribution in [1.29, 1.82) is 0 Å². The number of carbonyl (C=O) groups is 2. The van der Waals surface area contributed by atoms with E-state index < -0.39 is 12.1 Å². The monoisotopic (exact) mass is 460 g/mol. The van der Waals surface area contributed by atoms with E-state index in [1.807, 2.05) is 24.9 Å². The Kier molecular flexibility index (Phi) is 6.70. The van der Waals surface area contributed by atoms with Gasteiger partial charge in [0.2, 0.25) is 0 Å². The molecule has 0 radical (unpaired) electrons. The number of carboxylic acids is 1. The highest BCUT2D eigenvalue weighted by Gasteiger charge is 2.48. The van der Waals surface area contributed by atoms with Gasteiger partial charge in [0.15, 0.2) is 5.69 Å². The first-order chi connectivity index (χ1) is 14.5. The van der Waals surface area contributed by atoms with Crippen LogP contribution in [0.4, 0.5) is 13.2 Å². The predicted octanol–water partition coefficient (Wildman–Crippen LogP) is 3.26. The molecule has 1 atom stereocenters. The Balaban J connectivity index is 0.000000339. The molecule has 4 rings (SSSR count). The fourth-order valence-corrected chi connectivity index (χ4v) is 4.69. The van der Waals surface area contributed by atoms with Crippen LogP contribution in [0.3, 0.4) is 0 Å². The molecule has 31 heavy (non-hydrogen) atoms. The highest BCUT2D eigenvalue weighted by atomic mass is 32.1. The SMILES string of the molecule is Cc1cc(C(=O)N2CCCC3(CCN3Cc3cnc(C)s3)C2)no1.O=C(O)C(F)(F)F. The molecule has 0 bridgehead atoms. The maximum absolute atomic E-state index is 12.7. The van der Waals surface area contributed by atoms with Gasteiger partial charge in [-0.2, -0.15) is 13.2 Å². The Bertz CT molecular complexity index is 945. The number of alkyl halides is 3. The maximum Gasteiger partial charge on any atom is 0.490 e. The summed E-state index contributed by atoms with van der Waals surface area (Å²) in [4.78, 5) is 31.7. The second-order valence-corrected chi connectivity index (χ2v) is 9.02. The summed E-state index contributed by atoms with van der Waals surface area (Å²) >= 11 is 1.76. The summed E-state index contributed by atoms with van der Waals surface area (Å²) in [5.74, 6) is -2.09. The van der Waals surface area contributed by atoms with Gasteiger partial charge in [0.25, 0.3) is 5.91 Å². The third-order valence-corrected chi connectivity index (χ3v) is 6.36. The summed E-state index contributed by atoms with van der Waals surface area (Å²) < 4.78 is 36.8. The number of carboxylic acid groups (broad SMARTS) is 1. The second-order valence-electron chi connectivity index (χ2n) is 7.70. The first-order valence-corrected chi connectivity index (χ1v) is 10.5. The number of aliphatic carboxylic acids is 1. The number of halogens is 3. The molecule has 2 aliphatic heterocycles. The Morgan fingerprint density at radius 2 is 2.00 bits per heavy atom. The molecule has 4 heterocycles. The van der Waals surface area contributed by atoms with Crippen LogP contribution in [-0.4, -0.2) is 68.3 Å². The van der Waals surface area contributed by atoms with E-state index in [9.17, 15) is 18.0 Å². The summed E-state index contributed by atoms with van der Waals surface area (Å²) in [7, 11) is 0. The second kappa shape index (κ2) is 8.95. The molecular weight excluding hydrogens is 437 g/mol. The van der Waals surface area contributed by atoms with Crippen molar-refractivity contribution in [2.75, 3.05) is 19.6 Å². The van der Waals surface area contributed by atoms with Crippen LogP contribution in [0.5, 0.6) is 0 Å². The number of aromatic nitrogens is 2. The lowest BCUT2D eigenvalue weighted by Crippen LogP contribution is -2.66. The van der Waals surface area contributed by atoms with Crippen LogP contribution in [0.2, 0.25) is 0 Å². The molecule has 1 amide bonds. The van der Waals surface area contributed by atoms with Crippen LogP contribution in [0.1, 0.15) is 45.4 Å². The summed E-state index contributed by atoms with van der Waals surface area (Å²) in [6, 6.07) is 1.72. The van der Waals surface area contributed by atoms with Gasteiger partial charge in [-0.25, -0.2) is 9.78 Å². The first kappa shape index (κ1) is 23.2. The zero-order valence-corrected chi connectivity index (χ0v) is 17.9. The van der Waals surface area contributed by atoms with Gasteiger partial charge in [0, 0.05) is 48.9 Å². The molecule has 2 fully saturated rings. The largest absolute Gasteiger partial charge is 0.490 e. The van der Waals surface area contributed by atoms with E-state index >= 15 is 0 Å². The predicted molar refractivity (Wildman–Crippen MR) is 105 cm³/mol. The number of aryl methyl sites for hydroxylation is 2. The molecule has 170 valence electrons. The number of carbonyl (C=O) groups excluding carboxylic acids is 1. The molecule has 1 spiro atoms. The topological polar surface area (TPSA) is 99.8 Å². The smallest absolute Gasteiger partial charge is 0.475 e. The van der Waals surface area contributed by atoms with Crippen molar-refractivity contribution in [3.05, 3.63) is 33.6 Å². The van der Waals surface area contributed by atoms with Gasteiger partial charge in [-0.1, -0.05) is 5.16 Å².